The second-order valence-electron chi connectivity index (χ2n) is 12.1. The predicted molar refractivity (Wildman–Crippen MR) is 137 cm³/mol. The summed E-state index contributed by atoms with van der Waals surface area (Å²) in [6, 6.07) is 0. The van der Waals surface area contributed by atoms with E-state index in [1.165, 1.54) is 68.9 Å². The van der Waals surface area contributed by atoms with Crippen molar-refractivity contribution in [3.05, 3.63) is 45.4 Å². The molecule has 7 heteroatoms. The first kappa shape index (κ1) is 25.2. The van der Waals surface area contributed by atoms with E-state index < -0.39 is 5.41 Å². The Kier molecular flexibility index (Phi) is 7.10. The third-order valence-electron chi connectivity index (χ3n) is 8.67. The average molecular weight is 495 g/mol. The molecule has 196 valence electrons. The van der Waals surface area contributed by atoms with Crippen LogP contribution in [-0.4, -0.2) is 20.6 Å². The van der Waals surface area contributed by atoms with Crippen LogP contribution in [0.4, 0.5) is 0 Å². The summed E-state index contributed by atoms with van der Waals surface area (Å²) < 4.78 is 17.4. The molecule has 0 saturated heterocycles. The molecular formula is C29H42N4O3. The molecule has 36 heavy (non-hydrogen) atoms. The van der Waals surface area contributed by atoms with Crippen LogP contribution in [0, 0.1) is 6.92 Å². The summed E-state index contributed by atoms with van der Waals surface area (Å²) in [7, 11) is 0. The van der Waals surface area contributed by atoms with E-state index in [0.29, 0.717) is 17.8 Å². The van der Waals surface area contributed by atoms with Gasteiger partial charge in [0.2, 0.25) is 0 Å². The van der Waals surface area contributed by atoms with Crippen molar-refractivity contribution in [2.24, 2.45) is 0 Å². The van der Waals surface area contributed by atoms with Gasteiger partial charge in [-0.2, -0.15) is 0 Å². The molecule has 3 aromatic heterocycles. The Morgan fingerprint density at radius 1 is 0.806 bits per heavy atom. The van der Waals surface area contributed by atoms with Crippen LogP contribution in [0.25, 0.3) is 0 Å². The van der Waals surface area contributed by atoms with Crippen LogP contribution in [-0.2, 0) is 11.8 Å². The molecule has 0 aliphatic heterocycles. The molecule has 5 rings (SSSR count). The van der Waals surface area contributed by atoms with Gasteiger partial charge in [0, 0.05) is 29.4 Å². The lowest BCUT2D eigenvalue weighted by Crippen LogP contribution is -2.25. The molecule has 7 nitrogen and oxygen atoms in total. The van der Waals surface area contributed by atoms with E-state index in [2.05, 4.69) is 44.9 Å². The number of rotatable bonds is 8. The van der Waals surface area contributed by atoms with Crippen LogP contribution in [0.1, 0.15) is 162 Å². The van der Waals surface area contributed by atoms with E-state index in [1.54, 1.807) is 0 Å². The highest BCUT2D eigenvalue weighted by molar-refractivity contribution is 5.44. The maximum Gasteiger partial charge on any atom is 0.152 e. The van der Waals surface area contributed by atoms with E-state index in [4.69, 9.17) is 24.0 Å². The molecule has 2 aliphatic rings. The lowest BCUT2D eigenvalue weighted by Gasteiger charge is -2.28. The van der Waals surface area contributed by atoms with Gasteiger partial charge in [0.05, 0.1) is 11.1 Å². The first-order valence-corrected chi connectivity index (χ1v) is 14.1. The maximum atomic E-state index is 6.31. The molecule has 0 radical (unpaired) electrons. The van der Waals surface area contributed by atoms with Gasteiger partial charge in [-0.05, 0) is 58.3 Å². The van der Waals surface area contributed by atoms with E-state index in [-0.39, 0.29) is 5.92 Å². The van der Waals surface area contributed by atoms with Crippen LogP contribution in [0.3, 0.4) is 0 Å². The Morgan fingerprint density at radius 3 is 2.06 bits per heavy atom. The number of aryl methyl sites for hydroxylation is 1. The van der Waals surface area contributed by atoms with Crippen LogP contribution < -0.4 is 0 Å². The third-order valence-corrected chi connectivity index (χ3v) is 8.67. The van der Waals surface area contributed by atoms with Crippen molar-refractivity contribution in [2.75, 3.05) is 0 Å². The third kappa shape index (κ3) is 4.54. The number of aromatic nitrogens is 4. The monoisotopic (exact) mass is 494 g/mol. The van der Waals surface area contributed by atoms with E-state index in [1.807, 2.05) is 6.92 Å². The van der Waals surface area contributed by atoms with Crippen molar-refractivity contribution in [1.29, 1.82) is 0 Å². The zero-order valence-electron chi connectivity index (χ0n) is 22.9. The Hall–Kier alpha value is -2.44. The number of nitrogens with zero attached hydrogens (tertiary/aromatic N) is 4. The zero-order valence-corrected chi connectivity index (χ0v) is 22.9. The minimum absolute atomic E-state index is 0.147. The summed E-state index contributed by atoms with van der Waals surface area (Å²) >= 11 is 0. The lowest BCUT2D eigenvalue weighted by atomic mass is 9.73. The predicted octanol–water partition coefficient (Wildman–Crippen LogP) is 7.85. The van der Waals surface area contributed by atoms with E-state index in [0.717, 1.165) is 40.7 Å². The molecule has 0 N–H and O–H groups in total. The van der Waals surface area contributed by atoms with Gasteiger partial charge in [0.1, 0.15) is 22.8 Å². The highest BCUT2D eigenvalue weighted by atomic mass is 16.6. The number of hydrogen-bond acceptors (Lipinski definition) is 7. The second kappa shape index (κ2) is 10.1. The zero-order chi connectivity index (χ0) is 25.4. The Bertz CT molecular complexity index is 1160. The van der Waals surface area contributed by atoms with Crippen LogP contribution in [0.2, 0.25) is 0 Å². The van der Waals surface area contributed by atoms with Crippen molar-refractivity contribution in [1.82, 2.24) is 20.6 Å². The molecule has 1 unspecified atom stereocenters. The average Bonchev–Trinajstić information content (AvgIpc) is 3.65. The van der Waals surface area contributed by atoms with Crippen molar-refractivity contribution in [3.63, 3.8) is 0 Å². The summed E-state index contributed by atoms with van der Waals surface area (Å²) in [4.78, 5) is 0. The summed E-state index contributed by atoms with van der Waals surface area (Å²) in [6.45, 7) is 13.0. The highest BCUT2D eigenvalue weighted by Crippen LogP contribution is 2.48. The quantitative estimate of drug-likeness (QED) is 0.315. The molecule has 3 heterocycles. The highest BCUT2D eigenvalue weighted by Gasteiger charge is 2.42. The fourth-order valence-electron chi connectivity index (χ4n) is 6.71. The van der Waals surface area contributed by atoms with Gasteiger partial charge >= 0.3 is 0 Å². The van der Waals surface area contributed by atoms with Crippen molar-refractivity contribution in [2.45, 2.75) is 135 Å². The van der Waals surface area contributed by atoms with Crippen LogP contribution in [0.5, 0.6) is 0 Å². The summed E-state index contributed by atoms with van der Waals surface area (Å²) in [5, 5.41) is 17.6. The molecule has 0 amide bonds. The Balaban J connectivity index is 1.58. The van der Waals surface area contributed by atoms with Crippen molar-refractivity contribution < 1.29 is 13.7 Å². The Labute approximate surface area is 214 Å². The molecule has 2 fully saturated rings. The lowest BCUT2D eigenvalue weighted by molar-refractivity contribution is 0.299. The fraction of sp³-hybridized carbons (Fsp3) is 0.724. The van der Waals surface area contributed by atoms with E-state index >= 15 is 0 Å². The van der Waals surface area contributed by atoms with Gasteiger partial charge in [0.15, 0.2) is 5.76 Å². The molecule has 2 saturated carbocycles. The maximum absolute atomic E-state index is 6.31. The molecule has 0 spiro atoms. The fourth-order valence-corrected chi connectivity index (χ4v) is 6.71. The molecule has 0 bridgehead atoms. The SMILES string of the molecule is Cc1nonc1C(C)Cc1noc(C(C)(C)c2noc(C(C)C)c2C2CCCC2)c1C1CCCCC1. The van der Waals surface area contributed by atoms with Gasteiger partial charge < -0.3 is 9.05 Å². The van der Waals surface area contributed by atoms with Crippen LogP contribution in [0.15, 0.2) is 13.7 Å². The van der Waals surface area contributed by atoms with Crippen LogP contribution >= 0.6 is 0 Å². The summed E-state index contributed by atoms with van der Waals surface area (Å²) in [5.41, 5.74) is 6.04. The van der Waals surface area contributed by atoms with Crippen molar-refractivity contribution in [3.8, 4) is 0 Å². The summed E-state index contributed by atoms with van der Waals surface area (Å²) in [5.74, 6) is 3.45. The van der Waals surface area contributed by atoms with Gasteiger partial charge in [-0.1, -0.05) is 73.5 Å². The molecule has 2 aliphatic carbocycles. The Morgan fingerprint density at radius 2 is 1.44 bits per heavy atom. The topological polar surface area (TPSA) is 91.0 Å². The minimum atomic E-state index is -0.429. The molecule has 0 aromatic carbocycles. The second-order valence-corrected chi connectivity index (χ2v) is 12.1. The minimum Gasteiger partial charge on any atom is -0.361 e. The van der Waals surface area contributed by atoms with Gasteiger partial charge in [0.25, 0.3) is 0 Å². The normalized spacial score (nSPS) is 19.0. The molecule has 1 atom stereocenters. The molecule has 3 aromatic rings. The van der Waals surface area contributed by atoms with Gasteiger partial charge in [-0.25, -0.2) is 4.63 Å². The largest absolute Gasteiger partial charge is 0.361 e. The van der Waals surface area contributed by atoms with Gasteiger partial charge in [-0.15, -0.1) is 0 Å². The van der Waals surface area contributed by atoms with E-state index in [9.17, 15) is 0 Å². The first-order valence-electron chi connectivity index (χ1n) is 14.1. The van der Waals surface area contributed by atoms with Crippen molar-refractivity contribution >= 4 is 0 Å². The first-order chi connectivity index (χ1) is 17.3. The number of hydrogen-bond donors (Lipinski definition) is 0. The smallest absolute Gasteiger partial charge is 0.152 e. The standard InChI is InChI=1S/C29H42N4O3/c1-17(2)26-24(21-14-10-11-15-21)27(33-34-26)29(5,6)28-23(20-12-8-7-9-13-20)22(31-35-28)16-18(3)25-19(4)30-36-32-25/h17-18,20-21H,7-16H2,1-6H3. The molecular weight excluding hydrogens is 452 g/mol. The van der Waals surface area contributed by atoms with Gasteiger partial charge in [-0.3, -0.25) is 0 Å². The summed E-state index contributed by atoms with van der Waals surface area (Å²) in [6.07, 6.45) is 11.9.